The second kappa shape index (κ2) is 4.29. The van der Waals surface area contributed by atoms with Crippen LogP contribution in [-0.2, 0) is 14.4 Å². The standard InChI is InChI=1S/C9H13NO5/c1-5(11)10-3-2-6(8(12)13)7(4-10)9(14)15/h6-7H,2-4H2,1H3,(H,12,13)(H,14,15). The molecule has 1 saturated heterocycles. The first-order valence-corrected chi connectivity index (χ1v) is 4.64. The van der Waals surface area contributed by atoms with Crippen molar-refractivity contribution >= 4 is 17.8 Å². The van der Waals surface area contributed by atoms with Crippen LogP contribution in [0.3, 0.4) is 0 Å². The van der Waals surface area contributed by atoms with Gasteiger partial charge in [0.25, 0.3) is 0 Å². The zero-order valence-electron chi connectivity index (χ0n) is 8.34. The van der Waals surface area contributed by atoms with Gasteiger partial charge in [-0.15, -0.1) is 0 Å². The van der Waals surface area contributed by atoms with Gasteiger partial charge in [-0.2, -0.15) is 0 Å². The number of rotatable bonds is 2. The summed E-state index contributed by atoms with van der Waals surface area (Å²) in [6.45, 7) is 1.65. The van der Waals surface area contributed by atoms with Gasteiger partial charge < -0.3 is 15.1 Å². The summed E-state index contributed by atoms with van der Waals surface area (Å²) in [4.78, 5) is 34.0. The Morgan fingerprint density at radius 1 is 1.13 bits per heavy atom. The molecule has 0 aromatic rings. The van der Waals surface area contributed by atoms with Crippen LogP contribution in [0.25, 0.3) is 0 Å². The van der Waals surface area contributed by atoms with Gasteiger partial charge in [0.15, 0.2) is 0 Å². The summed E-state index contributed by atoms with van der Waals surface area (Å²) in [6.07, 6.45) is 0.200. The normalized spacial score (nSPS) is 26.1. The number of carbonyl (C=O) groups is 3. The van der Waals surface area contributed by atoms with E-state index in [1.54, 1.807) is 0 Å². The quantitative estimate of drug-likeness (QED) is 0.655. The van der Waals surface area contributed by atoms with Gasteiger partial charge in [-0.25, -0.2) is 0 Å². The average Bonchev–Trinajstić information content (AvgIpc) is 2.16. The van der Waals surface area contributed by atoms with Crippen molar-refractivity contribution in [2.75, 3.05) is 13.1 Å². The SMILES string of the molecule is CC(=O)N1CCC(C(=O)O)C(C(=O)O)C1. The molecule has 1 fully saturated rings. The zero-order valence-corrected chi connectivity index (χ0v) is 8.34. The molecule has 1 amide bonds. The molecule has 0 radical (unpaired) electrons. The number of carbonyl (C=O) groups excluding carboxylic acids is 1. The Morgan fingerprint density at radius 2 is 1.67 bits per heavy atom. The van der Waals surface area contributed by atoms with Crippen molar-refractivity contribution in [3.63, 3.8) is 0 Å². The predicted molar refractivity (Wildman–Crippen MR) is 49.1 cm³/mol. The Hall–Kier alpha value is -1.59. The van der Waals surface area contributed by atoms with Gasteiger partial charge in [0.1, 0.15) is 0 Å². The number of hydrogen-bond donors (Lipinski definition) is 2. The number of carboxylic acid groups (broad SMARTS) is 2. The van der Waals surface area contributed by atoms with Crippen molar-refractivity contribution < 1.29 is 24.6 Å². The van der Waals surface area contributed by atoms with Gasteiger partial charge in [-0.3, -0.25) is 14.4 Å². The lowest BCUT2D eigenvalue weighted by Gasteiger charge is -2.33. The lowest BCUT2D eigenvalue weighted by Crippen LogP contribution is -2.48. The van der Waals surface area contributed by atoms with Crippen LogP contribution in [0.4, 0.5) is 0 Å². The molecule has 2 atom stereocenters. The van der Waals surface area contributed by atoms with Crippen molar-refractivity contribution in [3.8, 4) is 0 Å². The number of amides is 1. The Bertz CT molecular complexity index is 301. The molecule has 6 heteroatoms. The molecule has 0 aromatic heterocycles. The lowest BCUT2D eigenvalue weighted by molar-refractivity contribution is -0.158. The molecule has 1 aliphatic heterocycles. The zero-order chi connectivity index (χ0) is 11.6. The molecule has 1 rings (SSSR count). The summed E-state index contributed by atoms with van der Waals surface area (Å²) < 4.78 is 0. The summed E-state index contributed by atoms with van der Waals surface area (Å²) in [6, 6.07) is 0. The summed E-state index contributed by atoms with van der Waals surface area (Å²) >= 11 is 0. The Kier molecular flexibility index (Phi) is 3.28. The maximum absolute atomic E-state index is 11.0. The average molecular weight is 215 g/mol. The third-order valence-electron chi connectivity index (χ3n) is 2.69. The van der Waals surface area contributed by atoms with Crippen molar-refractivity contribution in [2.45, 2.75) is 13.3 Å². The smallest absolute Gasteiger partial charge is 0.309 e. The molecule has 0 bridgehead atoms. The van der Waals surface area contributed by atoms with Crippen molar-refractivity contribution in [1.82, 2.24) is 4.90 Å². The largest absolute Gasteiger partial charge is 0.481 e. The highest BCUT2D eigenvalue weighted by atomic mass is 16.4. The number of piperidine rings is 1. The molecule has 1 heterocycles. The van der Waals surface area contributed by atoms with E-state index in [0.717, 1.165) is 0 Å². The van der Waals surface area contributed by atoms with Crippen LogP contribution in [0.5, 0.6) is 0 Å². The summed E-state index contributed by atoms with van der Waals surface area (Å²) in [5, 5.41) is 17.7. The number of aliphatic carboxylic acids is 2. The minimum atomic E-state index is -1.16. The first-order chi connectivity index (χ1) is 6.93. The summed E-state index contributed by atoms with van der Waals surface area (Å²) in [7, 11) is 0. The molecule has 0 aliphatic carbocycles. The summed E-state index contributed by atoms with van der Waals surface area (Å²) in [5.41, 5.74) is 0. The monoisotopic (exact) mass is 215 g/mol. The fraction of sp³-hybridized carbons (Fsp3) is 0.667. The molecular weight excluding hydrogens is 202 g/mol. The van der Waals surface area contributed by atoms with Gasteiger partial charge in [0.05, 0.1) is 11.8 Å². The van der Waals surface area contributed by atoms with Gasteiger partial charge >= 0.3 is 11.9 Å². The van der Waals surface area contributed by atoms with Crippen LogP contribution < -0.4 is 0 Å². The molecular formula is C9H13NO5. The maximum atomic E-state index is 11.0. The second-order valence-electron chi connectivity index (χ2n) is 3.64. The van der Waals surface area contributed by atoms with Crippen LogP contribution >= 0.6 is 0 Å². The van der Waals surface area contributed by atoms with E-state index >= 15 is 0 Å². The summed E-state index contributed by atoms with van der Waals surface area (Å²) in [5.74, 6) is -4.37. The Morgan fingerprint density at radius 3 is 2.07 bits per heavy atom. The lowest BCUT2D eigenvalue weighted by atomic mass is 9.85. The maximum Gasteiger partial charge on any atom is 0.309 e. The highest BCUT2D eigenvalue weighted by Crippen LogP contribution is 2.24. The third kappa shape index (κ3) is 2.45. The van der Waals surface area contributed by atoms with Gasteiger partial charge in [0, 0.05) is 20.0 Å². The van der Waals surface area contributed by atoms with E-state index in [-0.39, 0.29) is 18.9 Å². The number of likely N-dealkylation sites (tertiary alicyclic amines) is 1. The molecule has 0 spiro atoms. The predicted octanol–water partition coefficient (Wildman–Crippen LogP) is -0.360. The minimum Gasteiger partial charge on any atom is -0.481 e. The van der Waals surface area contributed by atoms with Crippen LogP contribution in [0.1, 0.15) is 13.3 Å². The molecule has 6 nitrogen and oxygen atoms in total. The third-order valence-corrected chi connectivity index (χ3v) is 2.69. The topological polar surface area (TPSA) is 94.9 Å². The van der Waals surface area contributed by atoms with E-state index in [1.807, 2.05) is 0 Å². The first kappa shape index (κ1) is 11.5. The van der Waals surface area contributed by atoms with Crippen LogP contribution in [0.2, 0.25) is 0 Å². The van der Waals surface area contributed by atoms with Crippen LogP contribution in [-0.4, -0.2) is 46.0 Å². The van der Waals surface area contributed by atoms with E-state index in [1.165, 1.54) is 11.8 Å². The van der Waals surface area contributed by atoms with Crippen LogP contribution in [0.15, 0.2) is 0 Å². The number of hydrogen-bond acceptors (Lipinski definition) is 3. The fourth-order valence-electron chi connectivity index (χ4n) is 1.78. The minimum absolute atomic E-state index is 0.0123. The molecule has 84 valence electrons. The van der Waals surface area contributed by atoms with Crippen molar-refractivity contribution in [3.05, 3.63) is 0 Å². The molecule has 0 aromatic carbocycles. The van der Waals surface area contributed by atoms with Crippen LogP contribution in [0, 0.1) is 11.8 Å². The highest BCUT2D eigenvalue weighted by molar-refractivity contribution is 5.82. The second-order valence-corrected chi connectivity index (χ2v) is 3.64. The Labute approximate surface area is 86.5 Å². The molecule has 2 unspecified atom stereocenters. The highest BCUT2D eigenvalue weighted by Gasteiger charge is 2.39. The molecule has 2 N–H and O–H groups in total. The van der Waals surface area contributed by atoms with E-state index in [9.17, 15) is 14.4 Å². The molecule has 15 heavy (non-hydrogen) atoms. The van der Waals surface area contributed by atoms with E-state index < -0.39 is 23.8 Å². The van der Waals surface area contributed by atoms with Crippen molar-refractivity contribution in [1.29, 1.82) is 0 Å². The Balaban J connectivity index is 2.78. The van der Waals surface area contributed by atoms with Gasteiger partial charge in [-0.05, 0) is 6.42 Å². The molecule has 1 aliphatic rings. The van der Waals surface area contributed by atoms with Gasteiger partial charge in [-0.1, -0.05) is 0 Å². The number of nitrogens with zero attached hydrogens (tertiary/aromatic N) is 1. The van der Waals surface area contributed by atoms with Gasteiger partial charge in [0.2, 0.25) is 5.91 Å². The number of carboxylic acids is 2. The van der Waals surface area contributed by atoms with E-state index in [4.69, 9.17) is 10.2 Å². The first-order valence-electron chi connectivity index (χ1n) is 4.64. The van der Waals surface area contributed by atoms with E-state index in [2.05, 4.69) is 0 Å². The fourth-order valence-corrected chi connectivity index (χ4v) is 1.78. The molecule has 0 saturated carbocycles. The van der Waals surface area contributed by atoms with Crippen molar-refractivity contribution in [2.24, 2.45) is 11.8 Å². The van der Waals surface area contributed by atoms with E-state index in [0.29, 0.717) is 6.54 Å².